The van der Waals surface area contributed by atoms with E-state index in [1.807, 2.05) is 0 Å². The Morgan fingerprint density at radius 3 is 2.21 bits per heavy atom. The molecule has 1 aromatic heterocycles. The van der Waals surface area contributed by atoms with Crippen molar-refractivity contribution in [2.24, 2.45) is 0 Å². The van der Waals surface area contributed by atoms with Gasteiger partial charge in [0.15, 0.2) is 5.13 Å². The van der Waals surface area contributed by atoms with Gasteiger partial charge in [-0.2, -0.15) is 4.31 Å². The van der Waals surface area contributed by atoms with Gasteiger partial charge in [0.2, 0.25) is 10.0 Å². The van der Waals surface area contributed by atoms with Gasteiger partial charge in [0.05, 0.1) is 21.7 Å². The van der Waals surface area contributed by atoms with Crippen LogP contribution in [0.25, 0.3) is 10.2 Å². The minimum absolute atomic E-state index is 0.112. The summed E-state index contributed by atoms with van der Waals surface area (Å²) in [5.41, 5.74) is 2.76. The quantitative estimate of drug-likeness (QED) is 0.447. The number of hydrogen-bond donors (Lipinski definition) is 0. The Bertz CT molecular complexity index is 1440. The number of anilines is 1. The summed E-state index contributed by atoms with van der Waals surface area (Å²) in [6.07, 6.45) is 0.564. The van der Waals surface area contributed by atoms with Gasteiger partial charge in [0.25, 0.3) is 5.91 Å². The number of rotatable bonds is 6. The van der Waals surface area contributed by atoms with E-state index in [0.29, 0.717) is 31.7 Å². The maximum absolute atomic E-state index is 13.2. The van der Waals surface area contributed by atoms with Crippen LogP contribution in [0.5, 0.6) is 0 Å². The molecule has 2 aromatic carbocycles. The number of ether oxygens (including phenoxy) is 1. The highest BCUT2D eigenvalue weighted by Gasteiger charge is 2.31. The third-order valence-corrected chi connectivity index (χ3v) is 10.2. The van der Waals surface area contributed by atoms with Crippen LogP contribution in [0.3, 0.4) is 0 Å². The summed E-state index contributed by atoms with van der Waals surface area (Å²) in [7, 11) is -3.73. The van der Waals surface area contributed by atoms with Gasteiger partial charge in [-0.25, -0.2) is 18.2 Å². The van der Waals surface area contributed by atoms with Crippen molar-refractivity contribution in [3.8, 4) is 0 Å². The summed E-state index contributed by atoms with van der Waals surface area (Å²) in [6.45, 7) is 7.62. The average Bonchev–Trinajstić information content (AvgIpc) is 3.40. The molecule has 208 valence electrons. The minimum atomic E-state index is -3.73. The molecule has 3 aromatic rings. The number of sulfonamides is 1. The molecule has 2 aliphatic rings. The Kier molecular flexibility index (Phi) is 8.06. The molecule has 0 bridgehead atoms. The zero-order chi connectivity index (χ0) is 27.6. The molecule has 5 rings (SSSR count). The second-order valence-electron chi connectivity index (χ2n) is 9.55. The van der Waals surface area contributed by atoms with Crippen molar-refractivity contribution in [1.29, 1.82) is 0 Å². The van der Waals surface area contributed by atoms with E-state index in [1.165, 1.54) is 31.6 Å². The van der Waals surface area contributed by atoms with Crippen LogP contribution in [0, 0.1) is 0 Å². The average molecular weight is 572 g/mol. The van der Waals surface area contributed by atoms with Gasteiger partial charge < -0.3 is 19.4 Å². The van der Waals surface area contributed by atoms with Crippen LogP contribution in [-0.2, 0) is 21.2 Å². The lowest BCUT2D eigenvalue weighted by atomic mass is 10.2. The fourth-order valence-electron chi connectivity index (χ4n) is 4.84. The first-order chi connectivity index (χ1) is 18.8. The number of aromatic nitrogens is 1. The molecule has 0 unspecified atom stereocenters. The summed E-state index contributed by atoms with van der Waals surface area (Å²) in [4.78, 5) is 35.5. The summed E-state index contributed by atoms with van der Waals surface area (Å²) in [6, 6.07) is 12.5. The predicted molar refractivity (Wildman–Crippen MR) is 151 cm³/mol. The fraction of sp³-hybridized carbons (Fsp3) is 0.444. The third kappa shape index (κ3) is 5.73. The van der Waals surface area contributed by atoms with E-state index in [-0.39, 0.29) is 43.6 Å². The first-order valence-corrected chi connectivity index (χ1v) is 15.5. The van der Waals surface area contributed by atoms with Gasteiger partial charge in [-0.15, -0.1) is 0 Å². The topological polar surface area (TPSA) is 103 Å². The number of aryl methyl sites for hydroxylation is 1. The van der Waals surface area contributed by atoms with Crippen molar-refractivity contribution < 1.29 is 22.7 Å². The van der Waals surface area contributed by atoms with Crippen LogP contribution in [0.15, 0.2) is 47.4 Å². The SMILES string of the molecule is CCOC(=O)N1CCN(S(=O)(=O)c2ccc(C(=O)N3CCN(c4nc5ccc(CC)cc5s4)CC3)cc2)CC1. The number of nitrogens with zero attached hydrogens (tertiary/aromatic N) is 5. The minimum Gasteiger partial charge on any atom is -0.450 e. The predicted octanol–water partition coefficient (Wildman–Crippen LogP) is 3.28. The highest BCUT2D eigenvalue weighted by molar-refractivity contribution is 7.89. The van der Waals surface area contributed by atoms with Gasteiger partial charge in [-0.1, -0.05) is 24.3 Å². The van der Waals surface area contributed by atoms with Crippen molar-refractivity contribution in [3.63, 3.8) is 0 Å². The van der Waals surface area contributed by atoms with E-state index >= 15 is 0 Å². The molecule has 0 saturated carbocycles. The highest BCUT2D eigenvalue weighted by atomic mass is 32.2. The van der Waals surface area contributed by atoms with E-state index in [0.717, 1.165) is 17.1 Å². The summed E-state index contributed by atoms with van der Waals surface area (Å²) in [5.74, 6) is -0.112. The molecule has 0 aliphatic carbocycles. The number of fused-ring (bicyclic) bond motifs is 1. The Morgan fingerprint density at radius 2 is 1.56 bits per heavy atom. The largest absolute Gasteiger partial charge is 0.450 e. The van der Waals surface area contributed by atoms with Crippen molar-refractivity contribution in [3.05, 3.63) is 53.6 Å². The van der Waals surface area contributed by atoms with E-state index in [4.69, 9.17) is 9.72 Å². The Labute approximate surface area is 232 Å². The zero-order valence-corrected chi connectivity index (χ0v) is 23.8. The monoisotopic (exact) mass is 571 g/mol. The molecule has 2 fully saturated rings. The molecule has 39 heavy (non-hydrogen) atoms. The van der Waals surface area contributed by atoms with Gasteiger partial charge in [0, 0.05) is 57.9 Å². The summed E-state index contributed by atoms with van der Waals surface area (Å²) < 4.78 is 33.8. The molecule has 0 N–H and O–H groups in total. The number of hydrogen-bond acceptors (Lipinski definition) is 8. The van der Waals surface area contributed by atoms with Crippen LogP contribution >= 0.6 is 11.3 Å². The lowest BCUT2D eigenvalue weighted by molar-refractivity contribution is 0.0746. The smallest absolute Gasteiger partial charge is 0.409 e. The molecular weight excluding hydrogens is 538 g/mol. The lowest BCUT2D eigenvalue weighted by Gasteiger charge is -2.34. The van der Waals surface area contributed by atoms with E-state index < -0.39 is 16.1 Å². The number of piperazine rings is 2. The second-order valence-corrected chi connectivity index (χ2v) is 12.5. The number of carbonyl (C=O) groups is 2. The zero-order valence-electron chi connectivity index (χ0n) is 22.2. The molecule has 3 heterocycles. The third-order valence-electron chi connectivity index (χ3n) is 7.19. The second kappa shape index (κ2) is 11.5. The Balaban J connectivity index is 1.18. The van der Waals surface area contributed by atoms with Gasteiger partial charge in [0.1, 0.15) is 0 Å². The van der Waals surface area contributed by atoms with Gasteiger partial charge >= 0.3 is 6.09 Å². The van der Waals surface area contributed by atoms with Crippen LogP contribution in [-0.4, -0.2) is 98.5 Å². The molecular formula is C27H33N5O5S2. The van der Waals surface area contributed by atoms with Crippen LogP contribution in [0.2, 0.25) is 0 Å². The van der Waals surface area contributed by atoms with Gasteiger partial charge in [-0.05, 0) is 55.3 Å². The molecule has 12 heteroatoms. The molecule has 2 saturated heterocycles. The van der Waals surface area contributed by atoms with Crippen LogP contribution < -0.4 is 4.90 Å². The van der Waals surface area contributed by atoms with E-state index in [1.54, 1.807) is 35.3 Å². The molecule has 0 atom stereocenters. The fourth-order valence-corrected chi connectivity index (χ4v) is 7.34. The summed E-state index contributed by atoms with van der Waals surface area (Å²) >= 11 is 1.68. The van der Waals surface area contributed by atoms with Crippen molar-refractivity contribution in [1.82, 2.24) is 19.1 Å². The Morgan fingerprint density at radius 1 is 0.897 bits per heavy atom. The molecule has 2 amide bonds. The number of benzene rings is 2. The molecule has 10 nitrogen and oxygen atoms in total. The van der Waals surface area contributed by atoms with Crippen LogP contribution in [0.4, 0.5) is 9.93 Å². The van der Waals surface area contributed by atoms with E-state index in [9.17, 15) is 18.0 Å². The van der Waals surface area contributed by atoms with Crippen LogP contribution in [0.1, 0.15) is 29.8 Å². The summed E-state index contributed by atoms with van der Waals surface area (Å²) in [5, 5.41) is 0.975. The molecule has 2 aliphatic heterocycles. The Hall–Kier alpha value is -3.22. The first kappa shape index (κ1) is 27.4. The maximum Gasteiger partial charge on any atom is 0.409 e. The molecule has 0 spiro atoms. The number of thiazole rings is 1. The van der Waals surface area contributed by atoms with Crippen molar-refractivity contribution in [2.45, 2.75) is 25.2 Å². The highest BCUT2D eigenvalue weighted by Crippen LogP contribution is 2.30. The molecule has 0 radical (unpaired) electrons. The number of carbonyl (C=O) groups excluding carboxylic acids is 2. The lowest BCUT2D eigenvalue weighted by Crippen LogP contribution is -2.50. The van der Waals surface area contributed by atoms with Gasteiger partial charge in [-0.3, -0.25) is 4.79 Å². The van der Waals surface area contributed by atoms with Crippen molar-refractivity contribution >= 4 is 48.7 Å². The van der Waals surface area contributed by atoms with Crippen molar-refractivity contribution in [2.75, 3.05) is 63.9 Å². The standard InChI is InChI=1S/C27H33N5O5S2/c1-3-20-5-10-23-24(19-20)38-26(28-23)30-13-11-29(12-14-30)25(33)21-6-8-22(9-7-21)39(35,36)32-17-15-31(16-18-32)27(34)37-4-2/h5-10,19H,3-4,11-18H2,1-2H3. The maximum atomic E-state index is 13.2. The van der Waals surface area contributed by atoms with E-state index in [2.05, 4.69) is 30.0 Å². The normalized spacial score (nSPS) is 17.0. The first-order valence-electron chi connectivity index (χ1n) is 13.3. The number of amides is 2.